The van der Waals surface area contributed by atoms with Gasteiger partial charge in [0.2, 0.25) is 5.91 Å². The summed E-state index contributed by atoms with van der Waals surface area (Å²) in [7, 11) is 3.14. The second-order valence-corrected chi connectivity index (χ2v) is 5.76. The van der Waals surface area contributed by atoms with Crippen molar-refractivity contribution in [1.82, 2.24) is 14.9 Å². The van der Waals surface area contributed by atoms with Gasteiger partial charge < -0.3 is 19.4 Å². The SMILES string of the molecule is COc1ccc(F)cc1CC(=O)N1C[C@H](OC)CC1c1ncc[nH]1. The van der Waals surface area contributed by atoms with E-state index in [1.165, 1.54) is 25.3 Å². The van der Waals surface area contributed by atoms with Crippen molar-refractivity contribution in [3.05, 3.63) is 47.8 Å². The maximum atomic E-state index is 13.5. The molecule has 1 fully saturated rings. The van der Waals surface area contributed by atoms with Crippen molar-refractivity contribution < 1.29 is 18.7 Å². The minimum Gasteiger partial charge on any atom is -0.496 e. The van der Waals surface area contributed by atoms with Crippen LogP contribution < -0.4 is 4.74 Å². The molecule has 1 unspecified atom stereocenters. The van der Waals surface area contributed by atoms with Crippen molar-refractivity contribution in [3.8, 4) is 5.75 Å². The van der Waals surface area contributed by atoms with Crippen molar-refractivity contribution in [2.75, 3.05) is 20.8 Å². The Hall–Kier alpha value is -2.41. The third kappa shape index (κ3) is 3.26. The molecule has 0 bridgehead atoms. The Morgan fingerprint density at radius 2 is 2.29 bits per heavy atom. The van der Waals surface area contributed by atoms with Gasteiger partial charge in [-0.1, -0.05) is 0 Å². The van der Waals surface area contributed by atoms with Gasteiger partial charge in [-0.25, -0.2) is 9.37 Å². The fourth-order valence-electron chi connectivity index (χ4n) is 3.11. The van der Waals surface area contributed by atoms with Crippen molar-refractivity contribution >= 4 is 5.91 Å². The molecule has 3 rings (SSSR count). The number of carbonyl (C=O) groups excluding carboxylic acids is 1. The minimum atomic E-state index is -0.391. The normalized spacial score (nSPS) is 20.4. The van der Waals surface area contributed by atoms with Gasteiger partial charge >= 0.3 is 0 Å². The third-order valence-corrected chi connectivity index (χ3v) is 4.34. The molecule has 24 heavy (non-hydrogen) atoms. The van der Waals surface area contributed by atoms with Crippen LogP contribution in [0.2, 0.25) is 0 Å². The summed E-state index contributed by atoms with van der Waals surface area (Å²) in [4.78, 5) is 21.9. The van der Waals surface area contributed by atoms with E-state index in [-0.39, 0.29) is 24.5 Å². The summed E-state index contributed by atoms with van der Waals surface area (Å²) < 4.78 is 24.2. The van der Waals surface area contributed by atoms with E-state index in [1.54, 1.807) is 24.4 Å². The largest absolute Gasteiger partial charge is 0.496 e. The Labute approximate surface area is 139 Å². The molecule has 1 amide bonds. The van der Waals surface area contributed by atoms with E-state index in [1.807, 2.05) is 0 Å². The van der Waals surface area contributed by atoms with E-state index in [9.17, 15) is 9.18 Å². The Balaban J connectivity index is 1.81. The molecule has 1 aliphatic rings. The summed E-state index contributed by atoms with van der Waals surface area (Å²) >= 11 is 0. The fourth-order valence-corrected chi connectivity index (χ4v) is 3.11. The molecule has 0 radical (unpaired) electrons. The number of hydrogen-bond acceptors (Lipinski definition) is 4. The zero-order valence-electron chi connectivity index (χ0n) is 13.7. The molecule has 6 nitrogen and oxygen atoms in total. The molecule has 1 aliphatic heterocycles. The van der Waals surface area contributed by atoms with Crippen LogP contribution in [0.25, 0.3) is 0 Å². The molecule has 128 valence electrons. The van der Waals surface area contributed by atoms with Crippen LogP contribution in [0.1, 0.15) is 23.9 Å². The molecule has 2 aromatic rings. The predicted molar refractivity (Wildman–Crippen MR) is 85.1 cm³/mol. The number of aromatic nitrogens is 2. The zero-order chi connectivity index (χ0) is 17.1. The van der Waals surface area contributed by atoms with Crippen molar-refractivity contribution in [3.63, 3.8) is 0 Å². The standard InChI is InChI=1S/C17H20FN3O3/c1-23-13-9-14(17-19-5-6-20-17)21(10-13)16(22)8-11-7-12(18)3-4-15(11)24-2/h3-7,13-14H,8-10H2,1-2H3,(H,19,20)/t13-,14?/m1/s1. The van der Waals surface area contributed by atoms with Gasteiger partial charge in [-0.3, -0.25) is 4.79 Å². The highest BCUT2D eigenvalue weighted by Gasteiger charge is 2.37. The first kappa shape index (κ1) is 16.4. The molecule has 1 saturated heterocycles. The number of aromatic amines is 1. The lowest BCUT2D eigenvalue weighted by molar-refractivity contribution is -0.131. The Morgan fingerprint density at radius 3 is 2.96 bits per heavy atom. The quantitative estimate of drug-likeness (QED) is 0.910. The summed E-state index contributed by atoms with van der Waals surface area (Å²) in [6.45, 7) is 0.484. The monoisotopic (exact) mass is 333 g/mol. The summed E-state index contributed by atoms with van der Waals surface area (Å²) in [6.07, 6.45) is 4.09. The van der Waals surface area contributed by atoms with E-state index in [0.29, 0.717) is 24.3 Å². The minimum absolute atomic E-state index is 0.0431. The van der Waals surface area contributed by atoms with Crippen LogP contribution in [0.15, 0.2) is 30.6 Å². The van der Waals surface area contributed by atoms with Crippen LogP contribution in [0.3, 0.4) is 0 Å². The van der Waals surface area contributed by atoms with Crippen LogP contribution in [0, 0.1) is 5.82 Å². The lowest BCUT2D eigenvalue weighted by Crippen LogP contribution is -2.33. The molecule has 0 spiro atoms. The molecular formula is C17H20FN3O3. The van der Waals surface area contributed by atoms with Gasteiger partial charge in [0.05, 0.1) is 25.7 Å². The topological polar surface area (TPSA) is 67.4 Å². The summed E-state index contributed by atoms with van der Waals surface area (Å²) in [5.41, 5.74) is 0.529. The van der Waals surface area contributed by atoms with E-state index < -0.39 is 5.82 Å². The van der Waals surface area contributed by atoms with Crippen molar-refractivity contribution in [2.45, 2.75) is 25.0 Å². The Bertz CT molecular complexity index is 705. The number of amides is 1. The number of nitrogens with zero attached hydrogens (tertiary/aromatic N) is 2. The number of halogens is 1. The van der Waals surface area contributed by atoms with Gasteiger partial charge in [-0.2, -0.15) is 0 Å². The van der Waals surface area contributed by atoms with E-state index in [0.717, 1.165) is 5.82 Å². The smallest absolute Gasteiger partial charge is 0.227 e. The maximum Gasteiger partial charge on any atom is 0.227 e. The number of imidazole rings is 1. The highest BCUT2D eigenvalue weighted by atomic mass is 19.1. The van der Waals surface area contributed by atoms with E-state index in [2.05, 4.69) is 9.97 Å². The number of H-pyrrole nitrogens is 1. The highest BCUT2D eigenvalue weighted by Crippen LogP contribution is 2.32. The van der Waals surface area contributed by atoms with Crippen LogP contribution in [-0.4, -0.2) is 47.6 Å². The number of nitrogens with one attached hydrogen (secondary N) is 1. The highest BCUT2D eigenvalue weighted by molar-refractivity contribution is 5.80. The number of methoxy groups -OCH3 is 2. The Morgan fingerprint density at radius 1 is 1.46 bits per heavy atom. The number of likely N-dealkylation sites (tertiary alicyclic amines) is 1. The molecule has 1 aromatic heterocycles. The van der Waals surface area contributed by atoms with Crippen LogP contribution >= 0.6 is 0 Å². The van der Waals surface area contributed by atoms with Crippen LogP contribution in [0.5, 0.6) is 5.75 Å². The average Bonchev–Trinajstić information content (AvgIpc) is 3.24. The van der Waals surface area contributed by atoms with Gasteiger partial charge in [-0.05, 0) is 18.2 Å². The molecule has 7 heteroatoms. The number of ether oxygens (including phenoxy) is 2. The molecule has 1 aromatic carbocycles. The molecule has 0 aliphatic carbocycles. The summed E-state index contributed by atoms with van der Waals surface area (Å²) in [5, 5.41) is 0. The Kier molecular flexibility index (Phi) is 4.80. The lowest BCUT2D eigenvalue weighted by Gasteiger charge is -2.23. The van der Waals surface area contributed by atoms with Crippen LogP contribution in [0.4, 0.5) is 4.39 Å². The van der Waals surface area contributed by atoms with Crippen molar-refractivity contribution in [1.29, 1.82) is 0 Å². The van der Waals surface area contributed by atoms with Gasteiger partial charge in [0.25, 0.3) is 0 Å². The number of rotatable bonds is 5. The molecule has 2 atom stereocenters. The fraction of sp³-hybridized carbons (Fsp3) is 0.412. The van der Waals surface area contributed by atoms with E-state index in [4.69, 9.17) is 9.47 Å². The predicted octanol–water partition coefficient (Wildman–Crippen LogP) is 2.09. The van der Waals surface area contributed by atoms with Gasteiger partial charge in [0.15, 0.2) is 0 Å². The van der Waals surface area contributed by atoms with Crippen molar-refractivity contribution in [2.24, 2.45) is 0 Å². The second-order valence-electron chi connectivity index (χ2n) is 5.76. The van der Waals surface area contributed by atoms with Crippen LogP contribution in [-0.2, 0) is 16.0 Å². The maximum absolute atomic E-state index is 13.5. The lowest BCUT2D eigenvalue weighted by atomic mass is 10.1. The zero-order valence-corrected chi connectivity index (χ0v) is 13.7. The molecular weight excluding hydrogens is 313 g/mol. The number of hydrogen-bond donors (Lipinski definition) is 1. The number of benzene rings is 1. The first-order valence-corrected chi connectivity index (χ1v) is 7.76. The van der Waals surface area contributed by atoms with E-state index >= 15 is 0 Å². The van der Waals surface area contributed by atoms with Gasteiger partial charge in [0, 0.05) is 38.0 Å². The average molecular weight is 333 g/mol. The van der Waals surface area contributed by atoms with Gasteiger partial charge in [-0.15, -0.1) is 0 Å². The first-order valence-electron chi connectivity index (χ1n) is 7.76. The summed E-state index contributed by atoms with van der Waals surface area (Å²) in [6, 6.07) is 4.01. The van der Waals surface area contributed by atoms with Gasteiger partial charge in [0.1, 0.15) is 17.4 Å². The first-order chi connectivity index (χ1) is 11.6. The number of carbonyl (C=O) groups is 1. The second kappa shape index (κ2) is 7.00. The molecule has 2 heterocycles. The molecule has 1 N–H and O–H groups in total. The summed E-state index contributed by atoms with van der Waals surface area (Å²) in [5.74, 6) is 0.730. The molecule has 0 saturated carbocycles. The third-order valence-electron chi connectivity index (χ3n) is 4.34.